The lowest BCUT2D eigenvalue weighted by Crippen LogP contribution is -2.30. The second-order valence-corrected chi connectivity index (χ2v) is 26.2. The first-order valence-electron chi connectivity index (χ1n) is 35.2. The summed E-state index contributed by atoms with van der Waals surface area (Å²) in [5.74, 6) is -1.62. The van der Waals surface area contributed by atoms with E-state index in [1.54, 1.807) is 0 Å². The molecule has 0 saturated carbocycles. The van der Waals surface area contributed by atoms with Crippen molar-refractivity contribution in [1.29, 1.82) is 0 Å². The number of rotatable bonds is 66. The molecule has 0 fully saturated rings. The second-order valence-electron chi connectivity index (χ2n) is 23.3. The third-order valence-electron chi connectivity index (χ3n) is 14.5. The summed E-state index contributed by atoms with van der Waals surface area (Å²) >= 11 is 0. The van der Waals surface area contributed by atoms with Crippen LogP contribution in [0, 0.1) is 0 Å². The number of hydrogen-bond donors (Lipinski definition) is 4. The molecule has 91 heavy (non-hydrogen) atoms. The van der Waals surface area contributed by atoms with E-state index in [1.165, 1.54) is 64.2 Å². The van der Waals surface area contributed by atoms with E-state index in [-0.39, 0.29) is 19.3 Å². The van der Waals surface area contributed by atoms with E-state index in [2.05, 4.69) is 130 Å². The van der Waals surface area contributed by atoms with Crippen LogP contribution in [0.5, 0.6) is 0 Å². The van der Waals surface area contributed by atoms with Gasteiger partial charge in [-0.3, -0.25) is 32.5 Å². The third kappa shape index (κ3) is 67.4. The molecule has 0 rings (SSSR count). The predicted octanol–water partition coefficient (Wildman–Crippen LogP) is 19.6. The van der Waals surface area contributed by atoms with Crippen molar-refractivity contribution in [3.63, 3.8) is 0 Å². The number of carbonyl (C=O) groups excluding carboxylic acids is 3. The smallest absolute Gasteiger partial charge is 0.463 e. The average molecular weight is 1320 g/mol. The number of aliphatic hydroxyl groups is 2. The molecule has 0 heterocycles. The molecule has 0 aliphatic heterocycles. The van der Waals surface area contributed by atoms with Gasteiger partial charge in [0, 0.05) is 19.3 Å². The summed E-state index contributed by atoms with van der Waals surface area (Å²) in [7, 11) is -9.79. The molecule has 0 saturated heterocycles. The molecule has 5 atom stereocenters. The number of ether oxygens (including phenoxy) is 3. The van der Waals surface area contributed by atoms with Crippen molar-refractivity contribution < 1.29 is 75.8 Å². The van der Waals surface area contributed by atoms with Crippen LogP contribution in [0.25, 0.3) is 0 Å². The maximum absolute atomic E-state index is 12.9. The highest BCUT2D eigenvalue weighted by Crippen LogP contribution is 2.45. The Hall–Kier alpha value is -3.79. The molecule has 5 unspecified atom stereocenters. The largest absolute Gasteiger partial charge is 0.472 e. The number of phosphoric acid groups is 2. The first-order chi connectivity index (χ1) is 44.2. The zero-order valence-corrected chi connectivity index (χ0v) is 58.5. The first-order valence-corrected chi connectivity index (χ1v) is 38.2. The number of allylic oxidation sites excluding steroid dienone is 18. The van der Waals surface area contributed by atoms with E-state index < -0.39 is 91.5 Å². The fraction of sp³-hybridized carbons (Fsp3) is 0.712. The number of hydrogen-bond acceptors (Lipinski definition) is 14. The lowest BCUT2D eigenvalue weighted by molar-refractivity contribution is -0.161. The van der Waals surface area contributed by atoms with E-state index in [1.807, 2.05) is 0 Å². The lowest BCUT2D eigenvalue weighted by Gasteiger charge is -2.21. The number of phosphoric ester groups is 2. The summed E-state index contributed by atoms with van der Waals surface area (Å²) < 4.78 is 60.9. The van der Waals surface area contributed by atoms with E-state index in [9.17, 15) is 43.5 Å². The summed E-state index contributed by atoms with van der Waals surface area (Å²) in [5.41, 5.74) is 0. The van der Waals surface area contributed by atoms with Gasteiger partial charge in [-0.15, -0.1) is 0 Å². The molecule has 0 radical (unpaired) electrons. The van der Waals surface area contributed by atoms with Crippen LogP contribution < -0.4 is 0 Å². The SMILES string of the molecule is CC/C=C\C/C=C\C/C=C\C/C=C\CCCCCCCCC(=O)OCC(COP(=O)(O)OCC(O)COP(=O)(O)OCC(O)COC(=O)CCCCCCC/C=C\C/C=C\C/C=C\C/C=C\CCCCC)OC(=O)CCCCCCC/C=C\CCCCCCCC. The zero-order valence-electron chi connectivity index (χ0n) is 56.7. The third-order valence-corrected chi connectivity index (χ3v) is 16.4. The van der Waals surface area contributed by atoms with Crippen LogP contribution in [-0.4, -0.2) is 95.9 Å². The van der Waals surface area contributed by atoms with Crippen molar-refractivity contribution in [3.8, 4) is 0 Å². The van der Waals surface area contributed by atoms with Crippen molar-refractivity contribution in [2.45, 2.75) is 296 Å². The number of carbonyl (C=O) groups is 3. The van der Waals surface area contributed by atoms with Gasteiger partial charge in [0.25, 0.3) is 0 Å². The van der Waals surface area contributed by atoms with Gasteiger partial charge in [-0.25, -0.2) is 9.13 Å². The molecule has 16 nitrogen and oxygen atoms in total. The zero-order chi connectivity index (χ0) is 66.7. The van der Waals surface area contributed by atoms with E-state index in [4.69, 9.17) is 32.3 Å². The standard InChI is InChI=1S/C73H126O16P2/c1-4-7-10-13-16-19-22-25-28-30-32-33-35-37-39-41-44-47-50-53-56-59-71(76)83-62-68(74)63-85-90(79,80)86-64-69(75)65-87-91(81,82)88-67-70(89-73(78)61-58-55-52-49-46-43-38-27-24-21-18-15-12-9-6-3)66-84-72(77)60-57-54-51-48-45-42-40-36-34-31-29-26-23-20-17-14-11-8-5-2/h8,11,16-17,19-20,25-29,32-34,36-39,68-70,74-75H,4-7,9-10,12-15,18,21-24,30-31,35,40-67H2,1-3H3,(H,79,80)(H,81,82)/b11-8-,19-16-,20-17-,28-25-,29-26-,33-32-,36-34-,38-27-,39-37-. The van der Waals surface area contributed by atoms with Gasteiger partial charge in [-0.05, 0) is 128 Å². The molecule has 0 aromatic carbocycles. The Bertz CT molecular complexity index is 2100. The van der Waals surface area contributed by atoms with Crippen molar-refractivity contribution in [2.75, 3.05) is 39.6 Å². The monoisotopic (exact) mass is 1320 g/mol. The Balaban J connectivity index is 4.69. The molecule has 0 bridgehead atoms. The summed E-state index contributed by atoms with van der Waals surface area (Å²) in [6.07, 6.45) is 74.1. The molecule has 0 amide bonds. The molecular formula is C73H126O16P2. The van der Waals surface area contributed by atoms with Crippen LogP contribution in [0.15, 0.2) is 109 Å². The average Bonchev–Trinajstić information content (AvgIpc) is 3.08. The van der Waals surface area contributed by atoms with Crippen molar-refractivity contribution in [2.24, 2.45) is 0 Å². The minimum Gasteiger partial charge on any atom is -0.463 e. The van der Waals surface area contributed by atoms with Crippen LogP contribution in [0.1, 0.15) is 278 Å². The fourth-order valence-corrected chi connectivity index (χ4v) is 10.7. The molecular weight excluding hydrogens is 1190 g/mol. The van der Waals surface area contributed by atoms with Crippen molar-refractivity contribution in [1.82, 2.24) is 0 Å². The van der Waals surface area contributed by atoms with Crippen LogP contribution in [0.3, 0.4) is 0 Å². The highest BCUT2D eigenvalue weighted by Gasteiger charge is 2.29. The van der Waals surface area contributed by atoms with Gasteiger partial charge in [0.2, 0.25) is 0 Å². The lowest BCUT2D eigenvalue weighted by atomic mass is 10.1. The van der Waals surface area contributed by atoms with Crippen molar-refractivity contribution in [3.05, 3.63) is 109 Å². The number of esters is 3. The maximum Gasteiger partial charge on any atom is 0.472 e. The molecule has 0 aromatic rings. The predicted molar refractivity (Wildman–Crippen MR) is 371 cm³/mol. The van der Waals surface area contributed by atoms with E-state index in [0.29, 0.717) is 19.3 Å². The minimum atomic E-state index is -4.93. The normalized spacial score (nSPS) is 14.8. The molecule has 524 valence electrons. The highest BCUT2D eigenvalue weighted by molar-refractivity contribution is 7.47. The van der Waals surface area contributed by atoms with E-state index in [0.717, 1.165) is 154 Å². The highest BCUT2D eigenvalue weighted by atomic mass is 31.2. The maximum atomic E-state index is 12.9. The Morgan fingerprint density at radius 1 is 0.319 bits per heavy atom. The van der Waals surface area contributed by atoms with Gasteiger partial charge < -0.3 is 34.2 Å². The van der Waals surface area contributed by atoms with Crippen LogP contribution in [0.2, 0.25) is 0 Å². The molecule has 18 heteroatoms. The van der Waals surface area contributed by atoms with Gasteiger partial charge in [0.15, 0.2) is 6.10 Å². The summed E-state index contributed by atoms with van der Waals surface area (Å²) in [5, 5.41) is 20.6. The Kier molecular flexibility index (Phi) is 63.5. The fourth-order valence-electron chi connectivity index (χ4n) is 9.07. The van der Waals surface area contributed by atoms with E-state index >= 15 is 0 Å². The molecule has 0 aliphatic carbocycles. The Morgan fingerprint density at radius 2 is 0.582 bits per heavy atom. The van der Waals surface area contributed by atoms with Crippen LogP contribution >= 0.6 is 15.6 Å². The molecule has 0 aromatic heterocycles. The van der Waals surface area contributed by atoms with Crippen LogP contribution in [0.4, 0.5) is 0 Å². The minimum absolute atomic E-state index is 0.0893. The number of unbranched alkanes of at least 4 members (excludes halogenated alkanes) is 25. The summed E-state index contributed by atoms with van der Waals surface area (Å²) in [6, 6.07) is 0. The second kappa shape index (κ2) is 66.2. The van der Waals surface area contributed by atoms with Crippen molar-refractivity contribution >= 4 is 33.6 Å². The van der Waals surface area contributed by atoms with Crippen LogP contribution in [-0.2, 0) is 55.8 Å². The molecule has 4 N–H and O–H groups in total. The topological polar surface area (TPSA) is 231 Å². The quantitative estimate of drug-likeness (QED) is 0.0146. The van der Waals surface area contributed by atoms with Gasteiger partial charge in [-0.1, -0.05) is 239 Å². The van der Waals surface area contributed by atoms with Gasteiger partial charge in [-0.2, -0.15) is 0 Å². The first kappa shape index (κ1) is 87.2. The Morgan fingerprint density at radius 3 is 0.956 bits per heavy atom. The van der Waals surface area contributed by atoms with Gasteiger partial charge >= 0.3 is 33.6 Å². The van der Waals surface area contributed by atoms with Gasteiger partial charge in [0.1, 0.15) is 25.4 Å². The van der Waals surface area contributed by atoms with Gasteiger partial charge in [0.05, 0.1) is 26.4 Å². The molecule has 0 spiro atoms. The summed E-state index contributed by atoms with van der Waals surface area (Å²) in [4.78, 5) is 58.4. The Labute approximate surface area is 551 Å². The number of aliphatic hydroxyl groups excluding tert-OH is 2. The summed E-state index contributed by atoms with van der Waals surface area (Å²) in [6.45, 7) is 2.48. The molecule has 0 aliphatic rings.